The second-order valence-electron chi connectivity index (χ2n) is 9.20. The van der Waals surface area contributed by atoms with Gasteiger partial charge in [0.2, 0.25) is 9.84 Å². The molecule has 6 heteroatoms. The molecule has 1 aliphatic carbocycles. The minimum absolute atomic E-state index is 0.0392. The predicted molar refractivity (Wildman–Crippen MR) is 132 cm³/mol. The predicted octanol–water partition coefficient (Wildman–Crippen LogP) is 6.19. The number of hydrogen-bond donors (Lipinski definition) is 1. The number of rotatable bonds is 6. The van der Waals surface area contributed by atoms with Crippen LogP contribution >= 0.6 is 0 Å². The molecule has 176 valence electrons. The fraction of sp³-hybridized carbons (Fsp3) is 0.214. The Balaban J connectivity index is 1.38. The topological polar surface area (TPSA) is 72.8 Å². The summed E-state index contributed by atoms with van der Waals surface area (Å²) in [7, 11) is -3.60. The van der Waals surface area contributed by atoms with E-state index < -0.39 is 9.84 Å². The summed E-state index contributed by atoms with van der Waals surface area (Å²) in [6.45, 7) is 6.28. The molecular formula is C28H28O5S. The van der Waals surface area contributed by atoms with E-state index in [1.54, 1.807) is 60.7 Å². The maximum Gasteiger partial charge on any atom is 0.206 e. The summed E-state index contributed by atoms with van der Waals surface area (Å²) in [6.07, 6.45) is 6.10. The number of ether oxygens (including phenoxy) is 2. The highest BCUT2D eigenvalue weighted by atomic mass is 32.2. The zero-order valence-corrected chi connectivity index (χ0v) is 20.2. The highest BCUT2D eigenvalue weighted by Gasteiger charge is 2.20. The van der Waals surface area contributed by atoms with Crippen LogP contribution in [0.15, 0.2) is 107 Å². The minimum atomic E-state index is -3.60. The third kappa shape index (κ3) is 5.51. The molecule has 0 saturated heterocycles. The average molecular weight is 477 g/mol. The van der Waals surface area contributed by atoms with E-state index >= 15 is 0 Å². The molecule has 1 atom stereocenters. The van der Waals surface area contributed by atoms with Gasteiger partial charge in [-0.1, -0.05) is 32.9 Å². The molecule has 0 aliphatic heterocycles. The molecule has 0 radical (unpaired) electrons. The zero-order chi connectivity index (χ0) is 24.3. The first-order valence-electron chi connectivity index (χ1n) is 11.1. The van der Waals surface area contributed by atoms with Gasteiger partial charge in [-0.2, -0.15) is 0 Å². The number of phenols is 1. The summed E-state index contributed by atoms with van der Waals surface area (Å²) < 4.78 is 37.8. The fourth-order valence-electron chi connectivity index (χ4n) is 3.54. The number of hydrogen-bond acceptors (Lipinski definition) is 5. The van der Waals surface area contributed by atoms with Crippen molar-refractivity contribution in [3.8, 4) is 17.2 Å². The van der Waals surface area contributed by atoms with Crippen molar-refractivity contribution in [2.75, 3.05) is 0 Å². The maximum absolute atomic E-state index is 13.0. The Kier molecular flexibility index (Phi) is 6.53. The van der Waals surface area contributed by atoms with Crippen molar-refractivity contribution >= 4 is 9.84 Å². The molecule has 0 aromatic heterocycles. The Hall–Kier alpha value is -3.51. The first-order chi connectivity index (χ1) is 16.1. The Morgan fingerprint density at radius 2 is 1.38 bits per heavy atom. The van der Waals surface area contributed by atoms with E-state index in [2.05, 4.69) is 20.8 Å². The number of benzene rings is 3. The lowest BCUT2D eigenvalue weighted by molar-refractivity contribution is 0.247. The number of sulfone groups is 1. The molecule has 4 rings (SSSR count). The van der Waals surface area contributed by atoms with Crippen molar-refractivity contribution in [3.05, 3.63) is 102 Å². The Morgan fingerprint density at radius 1 is 0.824 bits per heavy atom. The van der Waals surface area contributed by atoms with Crippen molar-refractivity contribution in [2.24, 2.45) is 0 Å². The van der Waals surface area contributed by atoms with Crippen molar-refractivity contribution in [1.82, 2.24) is 0 Å². The second kappa shape index (κ2) is 9.39. The van der Waals surface area contributed by atoms with Crippen molar-refractivity contribution < 1.29 is 23.0 Å². The average Bonchev–Trinajstić information content (AvgIpc) is 2.82. The summed E-state index contributed by atoms with van der Waals surface area (Å²) in [4.78, 5) is 0.503. The number of aromatic hydroxyl groups is 1. The van der Waals surface area contributed by atoms with Gasteiger partial charge in [-0.3, -0.25) is 0 Å². The van der Waals surface area contributed by atoms with Gasteiger partial charge in [0.05, 0.1) is 9.79 Å². The molecule has 0 spiro atoms. The van der Waals surface area contributed by atoms with E-state index in [9.17, 15) is 13.5 Å². The van der Waals surface area contributed by atoms with Gasteiger partial charge in [0.1, 0.15) is 29.1 Å². The molecule has 0 heterocycles. The van der Waals surface area contributed by atoms with Gasteiger partial charge in [0.15, 0.2) is 0 Å². The van der Waals surface area contributed by atoms with E-state index in [1.807, 2.05) is 30.4 Å². The molecule has 1 unspecified atom stereocenters. The quantitative estimate of drug-likeness (QED) is 0.459. The van der Waals surface area contributed by atoms with Crippen LogP contribution in [0.1, 0.15) is 32.8 Å². The monoisotopic (exact) mass is 476 g/mol. The number of phenolic OH excluding ortho intramolecular Hbond substituents is 1. The Morgan fingerprint density at radius 3 is 1.91 bits per heavy atom. The Labute approximate surface area is 200 Å². The van der Waals surface area contributed by atoms with Crippen LogP contribution in [0.5, 0.6) is 17.2 Å². The first kappa shape index (κ1) is 23.6. The van der Waals surface area contributed by atoms with Crippen molar-refractivity contribution in [1.29, 1.82) is 0 Å². The first-order valence-corrected chi connectivity index (χ1v) is 12.6. The maximum atomic E-state index is 13.0. The summed E-state index contributed by atoms with van der Waals surface area (Å²) >= 11 is 0. The van der Waals surface area contributed by atoms with E-state index in [0.717, 1.165) is 5.56 Å². The Bertz CT molecular complexity index is 1300. The van der Waals surface area contributed by atoms with Crippen LogP contribution in [0.25, 0.3) is 0 Å². The zero-order valence-electron chi connectivity index (χ0n) is 19.4. The standard InChI is InChI=1S/C28H28O5S/c1-28(2,3)20-4-16-26(17-5-20)34(30,31)27-18-14-25(15-19-27)33-24-12-10-23(11-13-24)32-22-8-6-21(29)7-9-22/h4-12,14-19,24,29H,13H2,1-3H3. The second-order valence-corrected chi connectivity index (χ2v) is 11.2. The van der Waals surface area contributed by atoms with Gasteiger partial charge in [-0.15, -0.1) is 0 Å². The van der Waals surface area contributed by atoms with Crippen LogP contribution in [0.3, 0.4) is 0 Å². The van der Waals surface area contributed by atoms with E-state index in [1.165, 1.54) is 0 Å². The van der Waals surface area contributed by atoms with Gasteiger partial charge >= 0.3 is 0 Å². The summed E-state index contributed by atoms with van der Waals surface area (Å²) in [6, 6.07) is 20.1. The van der Waals surface area contributed by atoms with Crippen LogP contribution in [0, 0.1) is 0 Å². The molecule has 1 aliphatic rings. The van der Waals surface area contributed by atoms with Gasteiger partial charge in [-0.25, -0.2) is 8.42 Å². The van der Waals surface area contributed by atoms with Gasteiger partial charge in [-0.05, 0) is 89.9 Å². The van der Waals surface area contributed by atoms with Crippen LogP contribution in [0.2, 0.25) is 0 Å². The van der Waals surface area contributed by atoms with Crippen LogP contribution in [-0.2, 0) is 15.3 Å². The SMILES string of the molecule is CC(C)(C)c1ccc(S(=O)(=O)c2ccc(OC3C=CC(Oc4ccc(O)cc4)=CC3)cc2)cc1. The largest absolute Gasteiger partial charge is 0.508 e. The van der Waals surface area contributed by atoms with Crippen LogP contribution in [-0.4, -0.2) is 19.6 Å². The lowest BCUT2D eigenvalue weighted by Gasteiger charge is -2.19. The molecule has 0 amide bonds. The normalized spacial score (nSPS) is 16.1. The van der Waals surface area contributed by atoms with Gasteiger partial charge in [0, 0.05) is 6.42 Å². The molecule has 34 heavy (non-hydrogen) atoms. The molecule has 3 aromatic carbocycles. The molecule has 0 fully saturated rings. The van der Waals surface area contributed by atoms with Crippen LogP contribution in [0.4, 0.5) is 0 Å². The molecule has 3 aromatic rings. The van der Waals surface area contributed by atoms with Crippen molar-refractivity contribution in [3.63, 3.8) is 0 Å². The van der Waals surface area contributed by atoms with E-state index in [4.69, 9.17) is 9.47 Å². The lowest BCUT2D eigenvalue weighted by atomic mass is 9.87. The molecule has 5 nitrogen and oxygen atoms in total. The van der Waals surface area contributed by atoms with Crippen molar-refractivity contribution in [2.45, 2.75) is 48.5 Å². The third-order valence-electron chi connectivity index (χ3n) is 5.55. The summed E-state index contributed by atoms with van der Waals surface area (Å²) in [5.41, 5.74) is 1.05. The van der Waals surface area contributed by atoms with E-state index in [-0.39, 0.29) is 27.1 Å². The van der Waals surface area contributed by atoms with Gasteiger partial charge < -0.3 is 14.6 Å². The number of allylic oxidation sites excluding steroid dienone is 1. The smallest absolute Gasteiger partial charge is 0.206 e. The van der Waals surface area contributed by atoms with Crippen LogP contribution < -0.4 is 9.47 Å². The summed E-state index contributed by atoms with van der Waals surface area (Å²) in [5, 5.41) is 9.36. The fourth-order valence-corrected chi connectivity index (χ4v) is 4.80. The lowest BCUT2D eigenvalue weighted by Crippen LogP contribution is -2.16. The van der Waals surface area contributed by atoms with E-state index in [0.29, 0.717) is 23.7 Å². The molecule has 1 N–H and O–H groups in total. The highest BCUT2D eigenvalue weighted by Crippen LogP contribution is 2.28. The van der Waals surface area contributed by atoms with Gasteiger partial charge in [0.25, 0.3) is 0 Å². The minimum Gasteiger partial charge on any atom is -0.508 e. The third-order valence-corrected chi connectivity index (χ3v) is 7.34. The molecule has 0 bridgehead atoms. The molecule has 0 saturated carbocycles. The highest BCUT2D eigenvalue weighted by molar-refractivity contribution is 7.91. The summed E-state index contributed by atoms with van der Waals surface area (Å²) in [5.74, 6) is 2.11. The molecular weight excluding hydrogens is 448 g/mol.